The number of ether oxygens (including phenoxy) is 1. The molecule has 0 unspecified atom stereocenters. The summed E-state index contributed by atoms with van der Waals surface area (Å²) in [4.78, 5) is 20.9. The Bertz CT molecular complexity index is 519. The molecule has 2 rings (SSSR count). The number of carbonyl (C=O) groups is 1. The van der Waals surface area contributed by atoms with Crippen LogP contribution in [0.15, 0.2) is 11.2 Å². The first-order chi connectivity index (χ1) is 9.86. The highest BCUT2D eigenvalue weighted by Gasteiger charge is 2.33. The van der Waals surface area contributed by atoms with Crippen molar-refractivity contribution in [3.05, 3.63) is 17.5 Å². The first-order valence-corrected chi connectivity index (χ1v) is 7.26. The fraction of sp³-hybridized carbons (Fsp3) is 0.583. The second-order valence-electron chi connectivity index (χ2n) is 4.46. The van der Waals surface area contributed by atoms with E-state index in [9.17, 15) is 18.0 Å². The van der Waals surface area contributed by atoms with E-state index in [2.05, 4.69) is 9.97 Å². The summed E-state index contributed by atoms with van der Waals surface area (Å²) in [7, 11) is 0. The van der Waals surface area contributed by atoms with Crippen molar-refractivity contribution in [3.63, 3.8) is 0 Å². The van der Waals surface area contributed by atoms with Gasteiger partial charge < -0.3 is 9.64 Å². The minimum absolute atomic E-state index is 0.0146. The average Bonchev–Trinajstić information content (AvgIpc) is 2.44. The van der Waals surface area contributed by atoms with Gasteiger partial charge in [-0.2, -0.15) is 13.2 Å². The van der Waals surface area contributed by atoms with Crippen molar-refractivity contribution in [2.24, 2.45) is 0 Å². The third-order valence-electron chi connectivity index (χ3n) is 2.81. The monoisotopic (exact) mass is 321 g/mol. The number of amides is 1. The van der Waals surface area contributed by atoms with Crippen molar-refractivity contribution < 1.29 is 22.7 Å². The van der Waals surface area contributed by atoms with Crippen molar-refractivity contribution >= 4 is 17.7 Å². The van der Waals surface area contributed by atoms with Crippen molar-refractivity contribution in [2.75, 3.05) is 32.1 Å². The van der Waals surface area contributed by atoms with Crippen LogP contribution in [0.25, 0.3) is 0 Å². The predicted molar refractivity (Wildman–Crippen MR) is 69.9 cm³/mol. The van der Waals surface area contributed by atoms with Crippen LogP contribution in [0.5, 0.6) is 0 Å². The number of aryl methyl sites for hydroxylation is 1. The summed E-state index contributed by atoms with van der Waals surface area (Å²) in [6, 6.07) is 0.883. The molecule has 0 radical (unpaired) electrons. The topological polar surface area (TPSA) is 55.3 Å². The first-order valence-electron chi connectivity index (χ1n) is 6.27. The number of hydrogen-bond acceptors (Lipinski definition) is 5. The molecule has 1 aliphatic heterocycles. The standard InChI is InChI=1S/C12H14F3N3O2S/c1-8-6-9(12(13,14)15)17-11(16-8)21-7-10(19)18-2-4-20-5-3-18/h6H,2-5,7H2,1H3. The Morgan fingerprint density at radius 2 is 2.05 bits per heavy atom. The van der Waals surface area contributed by atoms with Gasteiger partial charge in [0.25, 0.3) is 0 Å². The number of carbonyl (C=O) groups excluding carboxylic acids is 1. The Kier molecular flexibility index (Phi) is 5.04. The molecule has 0 bridgehead atoms. The first kappa shape index (κ1) is 16.0. The maximum Gasteiger partial charge on any atom is 0.433 e. The Balaban J connectivity index is 1.99. The lowest BCUT2D eigenvalue weighted by atomic mass is 10.3. The van der Waals surface area contributed by atoms with E-state index < -0.39 is 11.9 Å². The number of hydrogen-bond donors (Lipinski definition) is 0. The van der Waals surface area contributed by atoms with Gasteiger partial charge in [0.15, 0.2) is 5.16 Å². The number of morpholine rings is 1. The number of alkyl halides is 3. The second kappa shape index (κ2) is 6.61. The fourth-order valence-corrected chi connectivity index (χ4v) is 2.59. The van der Waals surface area contributed by atoms with Crippen LogP contribution in [0.1, 0.15) is 11.4 Å². The number of aromatic nitrogens is 2. The van der Waals surface area contributed by atoms with Crippen molar-refractivity contribution in [1.82, 2.24) is 14.9 Å². The molecule has 1 amide bonds. The van der Waals surface area contributed by atoms with E-state index in [0.717, 1.165) is 17.8 Å². The molecule has 1 aliphatic rings. The molecule has 1 aromatic heterocycles. The van der Waals surface area contributed by atoms with Gasteiger partial charge in [-0.05, 0) is 13.0 Å². The summed E-state index contributed by atoms with van der Waals surface area (Å²) < 4.78 is 43.1. The van der Waals surface area contributed by atoms with Gasteiger partial charge in [0.1, 0.15) is 5.69 Å². The van der Waals surface area contributed by atoms with Crippen LogP contribution in [0.2, 0.25) is 0 Å². The molecule has 21 heavy (non-hydrogen) atoms. The van der Waals surface area contributed by atoms with Gasteiger partial charge in [-0.25, -0.2) is 9.97 Å². The summed E-state index contributed by atoms with van der Waals surface area (Å²) in [6.45, 7) is 3.43. The van der Waals surface area contributed by atoms with Crippen LogP contribution >= 0.6 is 11.8 Å². The van der Waals surface area contributed by atoms with Gasteiger partial charge in [-0.3, -0.25) is 4.79 Å². The zero-order chi connectivity index (χ0) is 15.5. The van der Waals surface area contributed by atoms with Gasteiger partial charge >= 0.3 is 6.18 Å². The van der Waals surface area contributed by atoms with E-state index in [1.54, 1.807) is 4.90 Å². The Hall–Kier alpha value is -1.35. The lowest BCUT2D eigenvalue weighted by Crippen LogP contribution is -2.41. The molecule has 0 N–H and O–H groups in total. The summed E-state index contributed by atoms with van der Waals surface area (Å²) in [6.07, 6.45) is -4.52. The van der Waals surface area contributed by atoms with E-state index >= 15 is 0 Å². The second-order valence-corrected chi connectivity index (χ2v) is 5.40. The van der Waals surface area contributed by atoms with Gasteiger partial charge in [0.05, 0.1) is 19.0 Å². The lowest BCUT2D eigenvalue weighted by Gasteiger charge is -2.26. The average molecular weight is 321 g/mol. The quantitative estimate of drug-likeness (QED) is 0.627. The molecule has 2 heterocycles. The number of nitrogens with zero attached hydrogens (tertiary/aromatic N) is 3. The van der Waals surface area contributed by atoms with Crippen LogP contribution in [-0.2, 0) is 15.7 Å². The SMILES string of the molecule is Cc1cc(C(F)(F)F)nc(SCC(=O)N2CCOCC2)n1. The molecule has 0 spiro atoms. The molecule has 1 fully saturated rings. The van der Waals surface area contributed by atoms with E-state index in [4.69, 9.17) is 4.74 Å². The normalized spacial score (nSPS) is 16.1. The van der Waals surface area contributed by atoms with Gasteiger partial charge in [-0.1, -0.05) is 11.8 Å². The van der Waals surface area contributed by atoms with Gasteiger partial charge in [0, 0.05) is 18.8 Å². The van der Waals surface area contributed by atoms with Gasteiger partial charge in [0.2, 0.25) is 5.91 Å². The molecule has 1 saturated heterocycles. The maximum absolute atomic E-state index is 12.6. The van der Waals surface area contributed by atoms with Crippen molar-refractivity contribution in [1.29, 1.82) is 0 Å². The van der Waals surface area contributed by atoms with E-state index in [0.29, 0.717) is 26.3 Å². The molecule has 1 aromatic rings. The summed E-state index contributed by atoms with van der Waals surface area (Å²) in [5, 5.41) is -0.0380. The highest BCUT2D eigenvalue weighted by atomic mass is 32.2. The van der Waals surface area contributed by atoms with E-state index in [1.165, 1.54) is 6.92 Å². The van der Waals surface area contributed by atoms with Crippen LogP contribution in [0.4, 0.5) is 13.2 Å². The molecule has 0 aliphatic carbocycles. The molecular weight excluding hydrogens is 307 g/mol. The number of halogens is 3. The Labute approximate surface area is 123 Å². The molecule has 9 heteroatoms. The predicted octanol–water partition coefficient (Wildman–Crippen LogP) is 1.75. The summed E-state index contributed by atoms with van der Waals surface area (Å²) >= 11 is 0.912. The largest absolute Gasteiger partial charge is 0.433 e. The molecule has 5 nitrogen and oxygen atoms in total. The van der Waals surface area contributed by atoms with Crippen molar-refractivity contribution in [3.8, 4) is 0 Å². The minimum atomic E-state index is -4.52. The lowest BCUT2D eigenvalue weighted by molar-refractivity contribution is -0.141. The molecule has 0 atom stereocenters. The van der Waals surface area contributed by atoms with Crippen LogP contribution in [-0.4, -0.2) is 52.8 Å². The third kappa shape index (κ3) is 4.57. The van der Waals surface area contributed by atoms with E-state index in [1.807, 2.05) is 0 Å². The molecule has 0 aromatic carbocycles. The van der Waals surface area contributed by atoms with Crippen LogP contribution in [0.3, 0.4) is 0 Å². The minimum Gasteiger partial charge on any atom is -0.378 e. The molecule has 0 saturated carbocycles. The maximum atomic E-state index is 12.6. The van der Waals surface area contributed by atoms with Gasteiger partial charge in [-0.15, -0.1) is 0 Å². The highest BCUT2D eigenvalue weighted by Crippen LogP contribution is 2.29. The number of rotatable bonds is 3. The van der Waals surface area contributed by atoms with E-state index in [-0.39, 0.29) is 22.5 Å². The Morgan fingerprint density at radius 3 is 2.67 bits per heavy atom. The molecular formula is C12H14F3N3O2S. The van der Waals surface area contributed by atoms with Crippen molar-refractivity contribution in [2.45, 2.75) is 18.3 Å². The summed E-state index contributed by atoms with van der Waals surface area (Å²) in [5.41, 5.74) is -0.769. The highest BCUT2D eigenvalue weighted by molar-refractivity contribution is 7.99. The van der Waals surface area contributed by atoms with Crippen LogP contribution in [0, 0.1) is 6.92 Å². The Morgan fingerprint density at radius 1 is 1.38 bits per heavy atom. The summed E-state index contributed by atoms with van der Waals surface area (Å²) in [5.74, 6) is -0.136. The zero-order valence-corrected chi connectivity index (χ0v) is 12.1. The molecule has 116 valence electrons. The smallest absolute Gasteiger partial charge is 0.378 e. The van der Waals surface area contributed by atoms with Crippen LogP contribution < -0.4 is 0 Å². The zero-order valence-electron chi connectivity index (χ0n) is 11.3. The third-order valence-corrected chi connectivity index (χ3v) is 3.64. The number of thioether (sulfide) groups is 1. The fourth-order valence-electron chi connectivity index (χ4n) is 1.78.